The van der Waals surface area contributed by atoms with E-state index < -0.39 is 12.8 Å². The van der Waals surface area contributed by atoms with Gasteiger partial charge in [-0.15, -0.1) is 0 Å². The van der Waals surface area contributed by atoms with Crippen LogP contribution in [0, 0.1) is 0 Å². The summed E-state index contributed by atoms with van der Waals surface area (Å²) in [5, 5.41) is 9.15. The largest absolute Gasteiger partial charge is 0.388 e. The highest BCUT2D eigenvalue weighted by atomic mass is 32.5. The van der Waals surface area contributed by atoms with Gasteiger partial charge in [0.2, 0.25) is 0 Å². The normalized spacial score (nSPS) is 53.3. The number of aliphatic hydroxyl groups excluding tert-OH is 1. The summed E-state index contributed by atoms with van der Waals surface area (Å²) in [6, 6.07) is 0. The van der Waals surface area contributed by atoms with Crippen LogP contribution in [-0.4, -0.2) is 30.5 Å². The Kier molecular flexibility index (Phi) is 1.60. The summed E-state index contributed by atoms with van der Waals surface area (Å²) < 4.78 is 15.2. The SMILES string of the molecule is OC1COP2(=S)OCC1O2. The van der Waals surface area contributed by atoms with Crippen molar-refractivity contribution in [2.75, 3.05) is 13.2 Å². The Morgan fingerprint density at radius 2 is 2.10 bits per heavy atom. The topological polar surface area (TPSA) is 47.9 Å². The molecule has 0 spiro atoms. The lowest BCUT2D eigenvalue weighted by molar-refractivity contribution is -0.00810. The fourth-order valence-electron chi connectivity index (χ4n) is 0.915. The van der Waals surface area contributed by atoms with Crippen LogP contribution in [0.5, 0.6) is 0 Å². The first-order chi connectivity index (χ1) is 4.70. The van der Waals surface area contributed by atoms with Gasteiger partial charge in [-0.1, -0.05) is 0 Å². The lowest BCUT2D eigenvalue weighted by atomic mass is 10.2. The van der Waals surface area contributed by atoms with Crippen molar-refractivity contribution in [1.82, 2.24) is 0 Å². The van der Waals surface area contributed by atoms with Gasteiger partial charge in [0.15, 0.2) is 0 Å². The number of rotatable bonds is 0. The molecule has 0 aromatic rings. The molecular formula is C4H7O4PS. The molecule has 0 aromatic carbocycles. The Labute approximate surface area is 63.3 Å². The standard InChI is InChI=1S/C4H7O4PS/c5-3-1-6-9(10)7-2-4(3)8-9/h3-5H,1-2H2. The van der Waals surface area contributed by atoms with Crippen molar-refractivity contribution < 1.29 is 18.7 Å². The van der Waals surface area contributed by atoms with Crippen molar-refractivity contribution in [3.8, 4) is 0 Å². The molecule has 2 bridgehead atoms. The summed E-state index contributed by atoms with van der Waals surface area (Å²) in [6.45, 7) is -1.76. The molecular weight excluding hydrogens is 175 g/mol. The highest BCUT2D eigenvalue weighted by Crippen LogP contribution is 2.58. The fourth-order valence-corrected chi connectivity index (χ4v) is 3.01. The van der Waals surface area contributed by atoms with Crippen molar-refractivity contribution in [1.29, 1.82) is 0 Å². The number of hydrogen-bond acceptors (Lipinski definition) is 5. The zero-order chi connectivity index (χ0) is 7.19. The molecule has 4 nitrogen and oxygen atoms in total. The summed E-state index contributed by atoms with van der Waals surface area (Å²) in [6.07, 6.45) is -0.821. The Balaban J connectivity index is 2.20. The molecule has 3 unspecified atom stereocenters. The van der Waals surface area contributed by atoms with Gasteiger partial charge in [0.1, 0.15) is 12.2 Å². The summed E-state index contributed by atoms with van der Waals surface area (Å²) in [5.41, 5.74) is 0. The zero-order valence-electron chi connectivity index (χ0n) is 5.10. The second kappa shape index (κ2) is 2.24. The van der Waals surface area contributed by atoms with Crippen LogP contribution < -0.4 is 0 Å². The molecule has 58 valence electrons. The van der Waals surface area contributed by atoms with Gasteiger partial charge in [-0.25, -0.2) is 0 Å². The van der Waals surface area contributed by atoms with E-state index >= 15 is 0 Å². The quantitative estimate of drug-likeness (QED) is 0.535. The van der Waals surface area contributed by atoms with E-state index in [0.717, 1.165) is 0 Å². The van der Waals surface area contributed by atoms with Crippen LogP contribution in [0.2, 0.25) is 0 Å². The van der Waals surface area contributed by atoms with Crippen LogP contribution in [0.15, 0.2) is 0 Å². The number of aliphatic hydroxyl groups is 1. The van der Waals surface area contributed by atoms with Gasteiger partial charge in [0.25, 0.3) is 0 Å². The van der Waals surface area contributed by atoms with Crippen LogP contribution in [0.4, 0.5) is 0 Å². The van der Waals surface area contributed by atoms with Gasteiger partial charge < -0.3 is 18.7 Å². The maximum absolute atomic E-state index is 9.15. The first-order valence-corrected chi connectivity index (χ1v) is 5.51. The van der Waals surface area contributed by atoms with Crippen molar-refractivity contribution in [2.45, 2.75) is 12.2 Å². The minimum Gasteiger partial charge on any atom is -0.388 e. The molecule has 2 aliphatic rings. The molecule has 3 atom stereocenters. The van der Waals surface area contributed by atoms with Crippen molar-refractivity contribution >= 4 is 18.5 Å². The van der Waals surface area contributed by atoms with Crippen LogP contribution in [0.1, 0.15) is 0 Å². The van der Waals surface area contributed by atoms with E-state index in [4.69, 9.17) is 30.5 Å². The average molecular weight is 182 g/mol. The molecule has 2 aliphatic heterocycles. The monoisotopic (exact) mass is 182 g/mol. The second-order valence-electron chi connectivity index (χ2n) is 2.25. The van der Waals surface area contributed by atoms with Crippen LogP contribution >= 0.6 is 6.72 Å². The van der Waals surface area contributed by atoms with E-state index in [1.807, 2.05) is 0 Å². The summed E-state index contributed by atoms with van der Waals surface area (Å²) in [7, 11) is 0. The first-order valence-electron chi connectivity index (χ1n) is 2.95. The minimum absolute atomic E-state index is 0.250. The van der Waals surface area contributed by atoms with Crippen molar-refractivity contribution in [2.24, 2.45) is 0 Å². The van der Waals surface area contributed by atoms with Crippen LogP contribution in [0.25, 0.3) is 0 Å². The number of hydrogen-bond donors (Lipinski definition) is 1. The Hall–Kier alpha value is 0.490. The van der Waals surface area contributed by atoms with E-state index in [1.165, 1.54) is 0 Å². The molecule has 0 amide bonds. The maximum Gasteiger partial charge on any atom is 0.327 e. The third-order valence-electron chi connectivity index (χ3n) is 1.49. The van der Waals surface area contributed by atoms with Gasteiger partial charge in [0, 0.05) is 0 Å². The molecule has 0 saturated carbocycles. The minimum atomic E-state index is -2.38. The Bertz CT molecular complexity index is 196. The molecule has 0 aliphatic carbocycles. The van der Waals surface area contributed by atoms with Gasteiger partial charge >= 0.3 is 6.72 Å². The Morgan fingerprint density at radius 1 is 1.40 bits per heavy atom. The molecule has 2 rings (SSSR count). The third-order valence-corrected chi connectivity index (χ3v) is 3.84. The Morgan fingerprint density at radius 3 is 2.80 bits per heavy atom. The second-order valence-corrected chi connectivity index (χ2v) is 5.21. The van der Waals surface area contributed by atoms with Crippen LogP contribution in [0.3, 0.4) is 0 Å². The van der Waals surface area contributed by atoms with Crippen molar-refractivity contribution in [3.05, 3.63) is 0 Å². The van der Waals surface area contributed by atoms with Gasteiger partial charge in [-0.2, -0.15) is 0 Å². The molecule has 10 heavy (non-hydrogen) atoms. The highest BCUT2D eigenvalue weighted by molar-refractivity contribution is 8.07. The predicted octanol–water partition coefficient (Wildman–Crippen LogP) is 0.0174. The predicted molar refractivity (Wildman–Crippen MR) is 37.1 cm³/mol. The lowest BCUT2D eigenvalue weighted by Gasteiger charge is -2.24. The van der Waals surface area contributed by atoms with Gasteiger partial charge in [0.05, 0.1) is 13.2 Å². The fraction of sp³-hybridized carbons (Fsp3) is 1.00. The summed E-state index contributed by atoms with van der Waals surface area (Å²) in [5.74, 6) is 0. The highest BCUT2D eigenvalue weighted by Gasteiger charge is 2.43. The maximum atomic E-state index is 9.15. The first kappa shape index (κ1) is 7.16. The average Bonchev–Trinajstić information content (AvgIpc) is 2.23. The third kappa shape index (κ3) is 1.03. The van der Waals surface area contributed by atoms with Crippen LogP contribution in [-0.2, 0) is 25.4 Å². The van der Waals surface area contributed by atoms with E-state index in [0.29, 0.717) is 6.61 Å². The van der Waals surface area contributed by atoms with Gasteiger partial charge in [-0.3, -0.25) is 0 Å². The number of fused-ring (bicyclic) bond motifs is 2. The smallest absolute Gasteiger partial charge is 0.327 e. The molecule has 1 N–H and O–H groups in total. The van der Waals surface area contributed by atoms with E-state index in [9.17, 15) is 0 Å². The van der Waals surface area contributed by atoms with E-state index in [2.05, 4.69) is 0 Å². The lowest BCUT2D eigenvalue weighted by Crippen LogP contribution is -2.33. The molecule has 2 saturated heterocycles. The molecule has 6 heteroatoms. The van der Waals surface area contributed by atoms with Crippen molar-refractivity contribution in [3.63, 3.8) is 0 Å². The summed E-state index contributed by atoms with van der Waals surface area (Å²) >= 11 is 4.88. The zero-order valence-corrected chi connectivity index (χ0v) is 6.81. The molecule has 0 aromatic heterocycles. The van der Waals surface area contributed by atoms with E-state index in [-0.39, 0.29) is 12.7 Å². The van der Waals surface area contributed by atoms with E-state index in [1.54, 1.807) is 0 Å². The summed E-state index contributed by atoms with van der Waals surface area (Å²) in [4.78, 5) is 0. The molecule has 2 heterocycles. The van der Waals surface area contributed by atoms with Gasteiger partial charge in [-0.05, 0) is 11.8 Å². The molecule has 2 fully saturated rings. The molecule has 0 radical (unpaired) electrons.